The van der Waals surface area contributed by atoms with Gasteiger partial charge in [-0.1, -0.05) is 0 Å². The van der Waals surface area contributed by atoms with Crippen molar-refractivity contribution in [2.45, 2.75) is 26.3 Å². The number of hydrogen-bond acceptors (Lipinski definition) is 4. The van der Waals surface area contributed by atoms with E-state index in [2.05, 4.69) is 25.8 Å². The first-order valence-electron chi connectivity index (χ1n) is 4.83. The van der Waals surface area contributed by atoms with Crippen molar-refractivity contribution in [3.05, 3.63) is 12.2 Å². The molecule has 0 aliphatic carbocycles. The Morgan fingerprint density at radius 3 is 2.62 bits per heavy atom. The second-order valence-electron chi connectivity index (χ2n) is 4.31. The summed E-state index contributed by atoms with van der Waals surface area (Å²) in [5.74, 6) is -0.620. The zero-order chi connectivity index (χ0) is 12.2. The zero-order valence-electron chi connectivity index (χ0n) is 9.50. The van der Waals surface area contributed by atoms with Crippen molar-refractivity contribution in [2.75, 3.05) is 6.54 Å². The molecule has 1 aromatic rings. The summed E-state index contributed by atoms with van der Waals surface area (Å²) < 4.78 is 0. The van der Waals surface area contributed by atoms with Gasteiger partial charge in [0.25, 0.3) is 5.91 Å². The number of aromatic amines is 1. The molecule has 0 aliphatic heterocycles. The monoisotopic (exact) mass is 225 g/mol. The Balaban J connectivity index is 2.35. The van der Waals surface area contributed by atoms with Gasteiger partial charge in [0.05, 0.1) is 6.54 Å². The maximum absolute atomic E-state index is 11.4. The molecule has 2 amide bonds. The van der Waals surface area contributed by atoms with Crippen LogP contribution in [0.4, 0.5) is 0 Å². The summed E-state index contributed by atoms with van der Waals surface area (Å²) in [6, 6.07) is 0. The summed E-state index contributed by atoms with van der Waals surface area (Å²) in [4.78, 5) is 26.4. The summed E-state index contributed by atoms with van der Waals surface area (Å²) in [7, 11) is 0. The van der Waals surface area contributed by atoms with Crippen LogP contribution in [0.15, 0.2) is 6.33 Å². The Labute approximate surface area is 93.0 Å². The lowest BCUT2D eigenvalue weighted by Gasteiger charge is -2.20. The number of hydrogen-bond donors (Lipinski definition) is 3. The Hall–Kier alpha value is -1.92. The highest BCUT2D eigenvalue weighted by molar-refractivity contribution is 5.93. The molecule has 0 aliphatic rings. The van der Waals surface area contributed by atoms with E-state index in [0.717, 1.165) is 0 Å². The molecule has 88 valence electrons. The quantitative estimate of drug-likeness (QED) is 0.642. The van der Waals surface area contributed by atoms with E-state index < -0.39 is 5.91 Å². The fraction of sp³-hybridized carbons (Fsp3) is 0.556. The van der Waals surface area contributed by atoms with Gasteiger partial charge in [-0.15, -0.1) is 0 Å². The predicted octanol–water partition coefficient (Wildman–Crippen LogP) is -0.551. The molecule has 0 unspecified atom stereocenters. The average Bonchev–Trinajstić information content (AvgIpc) is 2.64. The van der Waals surface area contributed by atoms with Gasteiger partial charge >= 0.3 is 0 Å². The molecule has 7 heteroatoms. The Bertz CT molecular complexity index is 366. The highest BCUT2D eigenvalue weighted by Gasteiger charge is 2.15. The highest BCUT2D eigenvalue weighted by atomic mass is 16.2. The van der Waals surface area contributed by atoms with Crippen LogP contribution < -0.4 is 10.6 Å². The molecular weight excluding hydrogens is 210 g/mol. The van der Waals surface area contributed by atoms with Gasteiger partial charge in [-0.3, -0.25) is 14.7 Å². The Morgan fingerprint density at radius 1 is 1.44 bits per heavy atom. The molecule has 0 saturated carbocycles. The van der Waals surface area contributed by atoms with E-state index >= 15 is 0 Å². The number of amides is 2. The van der Waals surface area contributed by atoms with Crippen LogP contribution in [0, 0.1) is 0 Å². The number of nitrogens with one attached hydrogen (secondary N) is 3. The lowest BCUT2D eigenvalue weighted by molar-refractivity contribution is -0.121. The SMILES string of the molecule is CC(C)(C)NC(=O)CNC(=O)c1ncn[nH]1. The summed E-state index contributed by atoms with van der Waals surface area (Å²) in [6.07, 6.45) is 1.23. The van der Waals surface area contributed by atoms with Crippen molar-refractivity contribution < 1.29 is 9.59 Å². The number of rotatable bonds is 3. The second kappa shape index (κ2) is 4.73. The molecule has 0 fully saturated rings. The van der Waals surface area contributed by atoms with Crippen LogP contribution in [0.5, 0.6) is 0 Å². The van der Waals surface area contributed by atoms with Crippen molar-refractivity contribution in [1.82, 2.24) is 25.8 Å². The molecule has 1 heterocycles. The molecule has 3 N–H and O–H groups in total. The molecular formula is C9H15N5O2. The number of carbonyl (C=O) groups excluding carboxylic acids is 2. The zero-order valence-corrected chi connectivity index (χ0v) is 9.50. The largest absolute Gasteiger partial charge is 0.350 e. The Kier molecular flexibility index (Phi) is 3.60. The molecule has 0 saturated heterocycles. The molecule has 16 heavy (non-hydrogen) atoms. The number of carbonyl (C=O) groups is 2. The molecule has 1 rings (SSSR count). The summed E-state index contributed by atoms with van der Waals surface area (Å²) >= 11 is 0. The third-order valence-electron chi connectivity index (χ3n) is 1.55. The maximum atomic E-state index is 11.4. The van der Waals surface area contributed by atoms with E-state index in [1.54, 1.807) is 0 Å². The van der Waals surface area contributed by atoms with Crippen molar-refractivity contribution in [3.63, 3.8) is 0 Å². The minimum Gasteiger partial charge on any atom is -0.350 e. The summed E-state index contributed by atoms with van der Waals surface area (Å²) in [6.45, 7) is 5.51. The smallest absolute Gasteiger partial charge is 0.289 e. The van der Waals surface area contributed by atoms with E-state index in [4.69, 9.17) is 0 Å². The Morgan fingerprint density at radius 2 is 2.12 bits per heavy atom. The predicted molar refractivity (Wildman–Crippen MR) is 56.6 cm³/mol. The van der Waals surface area contributed by atoms with E-state index in [1.807, 2.05) is 20.8 Å². The topological polar surface area (TPSA) is 99.8 Å². The summed E-state index contributed by atoms with van der Waals surface area (Å²) in [5.41, 5.74) is -0.311. The molecule has 0 aromatic carbocycles. The number of nitrogens with zero attached hydrogens (tertiary/aromatic N) is 2. The van der Waals surface area contributed by atoms with Gasteiger partial charge in [-0.2, -0.15) is 5.10 Å². The minimum atomic E-state index is -0.457. The van der Waals surface area contributed by atoms with Crippen LogP contribution in [-0.4, -0.2) is 39.1 Å². The van der Waals surface area contributed by atoms with Gasteiger partial charge in [0.1, 0.15) is 6.33 Å². The van der Waals surface area contributed by atoms with E-state index in [0.29, 0.717) is 0 Å². The second-order valence-corrected chi connectivity index (χ2v) is 4.31. The van der Waals surface area contributed by atoms with Crippen molar-refractivity contribution in [2.24, 2.45) is 0 Å². The van der Waals surface area contributed by atoms with Gasteiger partial charge < -0.3 is 10.6 Å². The van der Waals surface area contributed by atoms with Crippen LogP contribution >= 0.6 is 0 Å². The standard InChI is InChI=1S/C9H15N5O2/c1-9(2,3)13-6(15)4-10-8(16)7-11-5-12-14-7/h5H,4H2,1-3H3,(H,10,16)(H,13,15)(H,11,12,14). The van der Waals surface area contributed by atoms with Crippen molar-refractivity contribution in [1.29, 1.82) is 0 Å². The van der Waals surface area contributed by atoms with Gasteiger partial charge in [0, 0.05) is 5.54 Å². The lowest BCUT2D eigenvalue weighted by Crippen LogP contribution is -2.45. The van der Waals surface area contributed by atoms with Gasteiger partial charge in [-0.05, 0) is 20.8 Å². The first kappa shape index (κ1) is 12.2. The fourth-order valence-corrected chi connectivity index (χ4v) is 1.02. The van der Waals surface area contributed by atoms with Crippen LogP contribution in [0.3, 0.4) is 0 Å². The maximum Gasteiger partial charge on any atom is 0.289 e. The highest BCUT2D eigenvalue weighted by Crippen LogP contribution is 1.97. The van der Waals surface area contributed by atoms with Crippen molar-refractivity contribution in [3.8, 4) is 0 Å². The average molecular weight is 225 g/mol. The van der Waals surface area contributed by atoms with Crippen molar-refractivity contribution >= 4 is 11.8 Å². The fourth-order valence-electron chi connectivity index (χ4n) is 1.02. The molecule has 1 aromatic heterocycles. The van der Waals surface area contributed by atoms with E-state index in [9.17, 15) is 9.59 Å². The third kappa shape index (κ3) is 4.07. The molecule has 0 radical (unpaired) electrons. The van der Waals surface area contributed by atoms with E-state index in [1.165, 1.54) is 6.33 Å². The molecule has 7 nitrogen and oxygen atoms in total. The first-order valence-corrected chi connectivity index (χ1v) is 4.83. The lowest BCUT2D eigenvalue weighted by atomic mass is 10.1. The summed E-state index contributed by atoms with van der Waals surface area (Å²) in [5, 5.41) is 11.1. The molecule has 0 spiro atoms. The number of H-pyrrole nitrogens is 1. The van der Waals surface area contributed by atoms with E-state index in [-0.39, 0.29) is 23.8 Å². The minimum absolute atomic E-state index is 0.0865. The van der Waals surface area contributed by atoms with Gasteiger partial charge in [0.15, 0.2) is 0 Å². The van der Waals surface area contributed by atoms with Gasteiger partial charge in [-0.25, -0.2) is 4.98 Å². The third-order valence-corrected chi connectivity index (χ3v) is 1.55. The van der Waals surface area contributed by atoms with Gasteiger partial charge in [0.2, 0.25) is 11.7 Å². The van der Waals surface area contributed by atoms with Crippen LogP contribution in [0.1, 0.15) is 31.4 Å². The molecule has 0 bridgehead atoms. The first-order chi connectivity index (χ1) is 7.38. The van der Waals surface area contributed by atoms with Crippen LogP contribution in [0.2, 0.25) is 0 Å². The normalized spacial score (nSPS) is 10.9. The number of aromatic nitrogens is 3. The molecule has 0 atom stereocenters. The van der Waals surface area contributed by atoms with Crippen LogP contribution in [0.25, 0.3) is 0 Å². The van der Waals surface area contributed by atoms with Crippen LogP contribution in [-0.2, 0) is 4.79 Å².